The monoisotopic (exact) mass is 220 g/mol. The Kier molecular flexibility index (Phi) is 4.14. The van der Waals surface area contributed by atoms with E-state index in [1.165, 1.54) is 0 Å². The Bertz CT molecular complexity index is 302. The van der Waals surface area contributed by atoms with Gasteiger partial charge in [0.25, 0.3) is 6.43 Å². The Hall–Kier alpha value is -0.830. The van der Waals surface area contributed by atoms with Crippen molar-refractivity contribution in [2.45, 2.75) is 19.2 Å². The van der Waals surface area contributed by atoms with Gasteiger partial charge in [-0.15, -0.1) is 11.6 Å². The summed E-state index contributed by atoms with van der Waals surface area (Å²) >= 11 is 5.65. The molecule has 0 N–H and O–H groups in total. The molecule has 0 amide bonds. The Labute approximate surface area is 86.6 Å². The van der Waals surface area contributed by atoms with Crippen LogP contribution in [0.1, 0.15) is 11.1 Å². The van der Waals surface area contributed by atoms with Gasteiger partial charge in [-0.1, -0.05) is 6.07 Å². The molecule has 1 aromatic carbocycles. The van der Waals surface area contributed by atoms with Crippen LogP contribution in [0.4, 0.5) is 8.78 Å². The molecule has 4 heteroatoms. The highest BCUT2D eigenvalue weighted by Gasteiger charge is 2.04. The second-order valence-electron chi connectivity index (χ2n) is 2.92. The van der Waals surface area contributed by atoms with Crippen LogP contribution in [-0.4, -0.2) is 13.0 Å². The zero-order valence-electron chi connectivity index (χ0n) is 7.77. The van der Waals surface area contributed by atoms with Gasteiger partial charge in [-0.05, 0) is 30.2 Å². The number of rotatable bonds is 4. The quantitative estimate of drug-likeness (QED) is 0.707. The Balaban J connectivity index is 2.66. The largest absolute Gasteiger partial charge is 0.488 e. The fourth-order valence-electron chi connectivity index (χ4n) is 1.07. The molecular formula is C10H11ClF2O. The van der Waals surface area contributed by atoms with Gasteiger partial charge in [0.15, 0.2) is 0 Å². The fourth-order valence-corrected chi connectivity index (χ4v) is 1.37. The third-order valence-corrected chi connectivity index (χ3v) is 2.12. The zero-order chi connectivity index (χ0) is 10.6. The van der Waals surface area contributed by atoms with Crippen LogP contribution in [0.5, 0.6) is 5.75 Å². The van der Waals surface area contributed by atoms with Crippen molar-refractivity contribution in [2.75, 3.05) is 6.61 Å². The predicted octanol–water partition coefficient (Wildman–Crippen LogP) is 3.38. The minimum Gasteiger partial charge on any atom is -0.488 e. The molecule has 1 rings (SSSR count). The lowest BCUT2D eigenvalue weighted by molar-refractivity contribution is 0.0819. The predicted molar refractivity (Wildman–Crippen MR) is 52.2 cm³/mol. The lowest BCUT2D eigenvalue weighted by Gasteiger charge is -2.08. The molecule has 0 heterocycles. The second kappa shape index (κ2) is 5.15. The number of ether oxygens (including phenoxy) is 1. The molecule has 0 aliphatic carbocycles. The van der Waals surface area contributed by atoms with E-state index in [1.807, 2.05) is 6.92 Å². The average molecular weight is 221 g/mol. The first-order chi connectivity index (χ1) is 6.63. The summed E-state index contributed by atoms with van der Waals surface area (Å²) in [7, 11) is 0. The highest BCUT2D eigenvalue weighted by molar-refractivity contribution is 6.17. The summed E-state index contributed by atoms with van der Waals surface area (Å²) < 4.78 is 28.5. The van der Waals surface area contributed by atoms with Crippen LogP contribution in [0, 0.1) is 6.92 Å². The normalized spacial score (nSPS) is 10.6. The molecule has 0 saturated carbocycles. The number of aryl methyl sites for hydroxylation is 1. The van der Waals surface area contributed by atoms with Gasteiger partial charge < -0.3 is 4.74 Å². The molecule has 1 nitrogen and oxygen atoms in total. The lowest BCUT2D eigenvalue weighted by Crippen LogP contribution is -2.07. The first kappa shape index (κ1) is 11.2. The smallest absolute Gasteiger partial charge is 0.272 e. The first-order valence-corrected chi connectivity index (χ1v) is 4.73. The topological polar surface area (TPSA) is 9.23 Å². The highest BCUT2D eigenvalue weighted by atomic mass is 35.5. The van der Waals surface area contributed by atoms with Crippen molar-refractivity contribution < 1.29 is 13.5 Å². The molecule has 0 bridgehead atoms. The first-order valence-electron chi connectivity index (χ1n) is 4.20. The molecule has 0 aromatic heterocycles. The maximum Gasteiger partial charge on any atom is 0.272 e. The Morgan fingerprint density at radius 2 is 2.14 bits per heavy atom. The summed E-state index contributed by atoms with van der Waals surface area (Å²) in [6.07, 6.45) is -2.44. The summed E-state index contributed by atoms with van der Waals surface area (Å²) in [5.74, 6) is 0.873. The van der Waals surface area contributed by atoms with E-state index < -0.39 is 13.0 Å². The van der Waals surface area contributed by atoms with Gasteiger partial charge in [0, 0.05) is 5.88 Å². The zero-order valence-corrected chi connectivity index (χ0v) is 8.52. The molecule has 14 heavy (non-hydrogen) atoms. The summed E-state index contributed by atoms with van der Waals surface area (Å²) in [5, 5.41) is 0. The van der Waals surface area contributed by atoms with Crippen LogP contribution >= 0.6 is 11.6 Å². The minimum atomic E-state index is -2.44. The van der Waals surface area contributed by atoms with Gasteiger partial charge in [-0.3, -0.25) is 0 Å². The van der Waals surface area contributed by atoms with E-state index in [1.54, 1.807) is 18.2 Å². The van der Waals surface area contributed by atoms with E-state index in [2.05, 4.69) is 0 Å². The molecule has 78 valence electrons. The van der Waals surface area contributed by atoms with E-state index in [0.717, 1.165) is 11.1 Å². The third kappa shape index (κ3) is 3.14. The van der Waals surface area contributed by atoms with Crippen molar-refractivity contribution in [3.8, 4) is 5.75 Å². The Morgan fingerprint density at radius 1 is 1.43 bits per heavy atom. The van der Waals surface area contributed by atoms with Crippen LogP contribution in [0.3, 0.4) is 0 Å². The summed E-state index contributed by atoms with van der Waals surface area (Å²) in [4.78, 5) is 0. The van der Waals surface area contributed by atoms with Gasteiger partial charge in [-0.25, -0.2) is 8.78 Å². The second-order valence-corrected chi connectivity index (χ2v) is 3.19. The van der Waals surface area contributed by atoms with Crippen LogP contribution in [0.15, 0.2) is 18.2 Å². The molecule has 0 saturated heterocycles. The number of benzene rings is 1. The van der Waals surface area contributed by atoms with Crippen LogP contribution in [0.25, 0.3) is 0 Å². The average Bonchev–Trinajstić information content (AvgIpc) is 2.15. The maximum atomic E-state index is 11.8. The van der Waals surface area contributed by atoms with Gasteiger partial charge in [0.1, 0.15) is 12.4 Å². The summed E-state index contributed by atoms with van der Waals surface area (Å²) in [6, 6.07) is 5.14. The van der Waals surface area contributed by atoms with Crippen molar-refractivity contribution in [1.29, 1.82) is 0 Å². The molecule has 0 fully saturated rings. The van der Waals surface area contributed by atoms with E-state index in [0.29, 0.717) is 11.6 Å². The molecule has 0 aliphatic heterocycles. The van der Waals surface area contributed by atoms with E-state index >= 15 is 0 Å². The summed E-state index contributed by atoms with van der Waals surface area (Å²) in [5.41, 5.74) is 1.93. The van der Waals surface area contributed by atoms with Gasteiger partial charge in [0.05, 0.1) is 0 Å². The van der Waals surface area contributed by atoms with Crippen molar-refractivity contribution in [3.05, 3.63) is 29.3 Å². The van der Waals surface area contributed by atoms with E-state index in [4.69, 9.17) is 16.3 Å². The molecular weight excluding hydrogens is 210 g/mol. The standard InChI is InChI=1S/C10H11ClF2O/c1-7-4-9(14-6-10(12)13)3-2-8(7)5-11/h2-4,10H,5-6H2,1H3. The maximum absolute atomic E-state index is 11.8. The lowest BCUT2D eigenvalue weighted by atomic mass is 10.1. The van der Waals surface area contributed by atoms with E-state index in [-0.39, 0.29) is 0 Å². The van der Waals surface area contributed by atoms with E-state index in [9.17, 15) is 8.78 Å². The molecule has 0 unspecified atom stereocenters. The van der Waals surface area contributed by atoms with Crippen LogP contribution in [0.2, 0.25) is 0 Å². The number of halogens is 3. The number of hydrogen-bond donors (Lipinski definition) is 0. The minimum absolute atomic E-state index is 0.418. The Morgan fingerprint density at radius 3 is 2.64 bits per heavy atom. The van der Waals surface area contributed by atoms with Crippen molar-refractivity contribution in [3.63, 3.8) is 0 Å². The van der Waals surface area contributed by atoms with Gasteiger partial charge in [-0.2, -0.15) is 0 Å². The fraction of sp³-hybridized carbons (Fsp3) is 0.400. The van der Waals surface area contributed by atoms with Gasteiger partial charge >= 0.3 is 0 Å². The highest BCUT2D eigenvalue weighted by Crippen LogP contribution is 2.18. The number of hydrogen-bond acceptors (Lipinski definition) is 1. The van der Waals surface area contributed by atoms with Crippen LogP contribution in [-0.2, 0) is 5.88 Å². The third-order valence-electron chi connectivity index (χ3n) is 1.83. The molecule has 0 atom stereocenters. The molecule has 1 aromatic rings. The number of alkyl halides is 3. The molecule has 0 aliphatic rings. The molecule has 0 radical (unpaired) electrons. The molecule has 0 spiro atoms. The van der Waals surface area contributed by atoms with Crippen molar-refractivity contribution in [2.24, 2.45) is 0 Å². The van der Waals surface area contributed by atoms with Crippen LogP contribution < -0.4 is 4.74 Å². The van der Waals surface area contributed by atoms with Crippen molar-refractivity contribution in [1.82, 2.24) is 0 Å². The van der Waals surface area contributed by atoms with Gasteiger partial charge in [0.2, 0.25) is 0 Å². The summed E-state index contributed by atoms with van der Waals surface area (Å²) in [6.45, 7) is 1.30. The van der Waals surface area contributed by atoms with Crippen molar-refractivity contribution >= 4 is 11.6 Å². The SMILES string of the molecule is Cc1cc(OCC(F)F)ccc1CCl.